The van der Waals surface area contributed by atoms with Gasteiger partial charge < -0.3 is 9.47 Å². The number of methoxy groups -OCH3 is 1. The van der Waals surface area contributed by atoms with Crippen LogP contribution in [-0.4, -0.2) is 17.3 Å². The van der Waals surface area contributed by atoms with Gasteiger partial charge in [-0.1, -0.05) is 72.0 Å². The summed E-state index contributed by atoms with van der Waals surface area (Å²) < 4.78 is 13.0. The molecule has 0 saturated carbocycles. The lowest BCUT2D eigenvalue weighted by molar-refractivity contribution is -0.113. The number of carbonyl (C=O) groups is 1. The number of rotatable bonds is 8. The van der Waals surface area contributed by atoms with Gasteiger partial charge in [0.15, 0.2) is 15.8 Å². The van der Waals surface area contributed by atoms with Crippen molar-refractivity contribution in [1.29, 1.82) is 0 Å². The fraction of sp³-hybridized carbons (Fsp3) is 0.111. The van der Waals surface area contributed by atoms with E-state index in [2.05, 4.69) is 22.5 Å². The molecule has 3 aromatic carbocycles. The molecule has 1 aliphatic rings. The predicted molar refractivity (Wildman–Crippen MR) is 152 cm³/mol. The van der Waals surface area contributed by atoms with Crippen LogP contribution in [0.4, 0.5) is 5.69 Å². The van der Waals surface area contributed by atoms with Gasteiger partial charge in [0.25, 0.3) is 5.91 Å². The number of benzene rings is 3. The second-order valence-electron chi connectivity index (χ2n) is 7.59. The molecule has 1 heterocycles. The first-order valence-corrected chi connectivity index (χ1v) is 13.0. The van der Waals surface area contributed by atoms with Crippen molar-refractivity contribution in [3.05, 3.63) is 104 Å². The van der Waals surface area contributed by atoms with Crippen LogP contribution in [0.15, 0.2) is 82.7 Å². The second kappa shape index (κ2) is 11.4. The number of thioether (sulfide) groups is 1. The van der Waals surface area contributed by atoms with Crippen molar-refractivity contribution in [1.82, 2.24) is 0 Å². The first-order valence-electron chi connectivity index (χ1n) is 10.6. The van der Waals surface area contributed by atoms with E-state index in [0.29, 0.717) is 44.5 Å². The summed E-state index contributed by atoms with van der Waals surface area (Å²) in [6, 6.07) is 19.1. The Balaban J connectivity index is 1.65. The van der Waals surface area contributed by atoms with Crippen LogP contribution in [0.25, 0.3) is 6.08 Å². The van der Waals surface area contributed by atoms with Gasteiger partial charge in [0.05, 0.1) is 22.7 Å². The van der Waals surface area contributed by atoms with E-state index in [9.17, 15) is 4.79 Å². The van der Waals surface area contributed by atoms with Crippen LogP contribution in [0.1, 0.15) is 16.7 Å². The lowest BCUT2D eigenvalue weighted by Crippen LogP contribution is -2.27. The number of anilines is 1. The summed E-state index contributed by atoms with van der Waals surface area (Å²) >= 11 is 16.4. The summed E-state index contributed by atoms with van der Waals surface area (Å²) in [5.41, 5.74) is 3.40. The van der Waals surface area contributed by atoms with E-state index in [1.807, 2.05) is 54.6 Å². The standard InChI is InChI=1S/C27H21BrClNO3S2/c1-3-7-19-12-18(13-23(32-2)25(19)33-16-17-8-5-4-6-9-17)14-24-26(31)30(27(34)35-24)20-10-11-21(28)22(29)15-20/h3-6,8-15H,1,7,16H2,2H3/b24-14-. The Hall–Kier alpha value is -2.58. The van der Waals surface area contributed by atoms with E-state index >= 15 is 0 Å². The average molecular weight is 587 g/mol. The van der Waals surface area contributed by atoms with Crippen LogP contribution >= 0.6 is 51.5 Å². The summed E-state index contributed by atoms with van der Waals surface area (Å²) in [5.74, 6) is 1.04. The summed E-state index contributed by atoms with van der Waals surface area (Å²) in [4.78, 5) is 15.2. The molecule has 1 amide bonds. The fourth-order valence-electron chi connectivity index (χ4n) is 3.59. The van der Waals surface area contributed by atoms with E-state index < -0.39 is 0 Å². The molecule has 1 saturated heterocycles. The summed E-state index contributed by atoms with van der Waals surface area (Å²) in [7, 11) is 1.60. The number of allylic oxidation sites excluding steroid dienone is 1. The lowest BCUT2D eigenvalue weighted by atomic mass is 10.0. The van der Waals surface area contributed by atoms with Gasteiger partial charge in [-0.05, 0) is 69.9 Å². The molecule has 0 spiro atoms. The van der Waals surface area contributed by atoms with Gasteiger partial charge in [0, 0.05) is 10.0 Å². The molecular formula is C27H21BrClNO3S2. The molecular weight excluding hydrogens is 566 g/mol. The van der Waals surface area contributed by atoms with Crippen LogP contribution in [0, 0.1) is 0 Å². The third kappa shape index (κ3) is 5.81. The van der Waals surface area contributed by atoms with Gasteiger partial charge in [-0.2, -0.15) is 0 Å². The zero-order valence-corrected chi connectivity index (χ0v) is 22.8. The molecule has 0 atom stereocenters. The maximum absolute atomic E-state index is 13.2. The Bertz CT molecular complexity index is 1330. The van der Waals surface area contributed by atoms with Gasteiger partial charge in [0.1, 0.15) is 6.61 Å². The highest BCUT2D eigenvalue weighted by molar-refractivity contribution is 9.10. The molecule has 0 unspecified atom stereocenters. The molecule has 0 bridgehead atoms. The molecule has 8 heteroatoms. The summed E-state index contributed by atoms with van der Waals surface area (Å²) in [6.45, 7) is 4.29. The minimum Gasteiger partial charge on any atom is -0.493 e. The van der Waals surface area contributed by atoms with Gasteiger partial charge in [-0.15, -0.1) is 6.58 Å². The smallest absolute Gasteiger partial charge is 0.270 e. The third-order valence-electron chi connectivity index (χ3n) is 5.22. The first kappa shape index (κ1) is 25.5. The molecule has 178 valence electrons. The molecule has 4 rings (SSSR count). The highest BCUT2D eigenvalue weighted by Crippen LogP contribution is 2.40. The van der Waals surface area contributed by atoms with Gasteiger partial charge in [0.2, 0.25) is 0 Å². The normalized spacial score (nSPS) is 14.5. The number of thiocarbonyl (C=S) groups is 1. The Morgan fingerprint density at radius 2 is 1.94 bits per heavy atom. The highest BCUT2D eigenvalue weighted by Gasteiger charge is 2.33. The number of hydrogen-bond donors (Lipinski definition) is 0. The van der Waals surface area contributed by atoms with E-state index in [1.54, 1.807) is 25.3 Å². The lowest BCUT2D eigenvalue weighted by Gasteiger charge is -2.16. The molecule has 1 aliphatic heterocycles. The van der Waals surface area contributed by atoms with E-state index in [0.717, 1.165) is 21.2 Å². The highest BCUT2D eigenvalue weighted by atomic mass is 79.9. The average Bonchev–Trinajstić information content (AvgIpc) is 3.13. The first-order chi connectivity index (χ1) is 16.9. The van der Waals surface area contributed by atoms with Crippen molar-refractivity contribution in [2.24, 2.45) is 0 Å². The maximum atomic E-state index is 13.2. The Kier molecular flexibility index (Phi) is 8.34. The van der Waals surface area contributed by atoms with Crippen molar-refractivity contribution >= 4 is 73.5 Å². The third-order valence-corrected chi connectivity index (χ3v) is 7.75. The fourth-order valence-corrected chi connectivity index (χ4v) is 5.31. The number of amides is 1. The van der Waals surface area contributed by atoms with Gasteiger partial charge >= 0.3 is 0 Å². The molecule has 35 heavy (non-hydrogen) atoms. The van der Waals surface area contributed by atoms with Crippen LogP contribution in [0.5, 0.6) is 11.5 Å². The number of hydrogen-bond acceptors (Lipinski definition) is 5. The van der Waals surface area contributed by atoms with Crippen LogP contribution in [0.2, 0.25) is 5.02 Å². The monoisotopic (exact) mass is 585 g/mol. The van der Waals surface area contributed by atoms with E-state index in [4.69, 9.17) is 33.3 Å². The Morgan fingerprint density at radius 3 is 2.63 bits per heavy atom. The second-order valence-corrected chi connectivity index (χ2v) is 10.5. The predicted octanol–water partition coefficient (Wildman–Crippen LogP) is 7.82. The van der Waals surface area contributed by atoms with Gasteiger partial charge in [-0.25, -0.2) is 0 Å². The summed E-state index contributed by atoms with van der Waals surface area (Å²) in [6.07, 6.45) is 4.21. The van der Waals surface area contributed by atoms with Crippen LogP contribution in [-0.2, 0) is 17.8 Å². The molecule has 0 radical (unpaired) electrons. The van der Waals surface area contributed by atoms with Crippen molar-refractivity contribution in [3.8, 4) is 11.5 Å². The zero-order valence-electron chi connectivity index (χ0n) is 18.8. The largest absolute Gasteiger partial charge is 0.493 e. The van der Waals surface area contributed by atoms with Crippen molar-refractivity contribution < 1.29 is 14.3 Å². The summed E-state index contributed by atoms with van der Waals surface area (Å²) in [5, 5.41) is 0.505. The number of carbonyl (C=O) groups excluding carboxylic acids is 1. The Morgan fingerprint density at radius 1 is 1.17 bits per heavy atom. The van der Waals surface area contributed by atoms with E-state index in [-0.39, 0.29) is 5.91 Å². The number of nitrogens with zero attached hydrogens (tertiary/aromatic N) is 1. The van der Waals surface area contributed by atoms with E-state index in [1.165, 1.54) is 16.7 Å². The van der Waals surface area contributed by atoms with Gasteiger partial charge in [-0.3, -0.25) is 9.69 Å². The quantitative estimate of drug-likeness (QED) is 0.153. The van der Waals surface area contributed by atoms with Crippen molar-refractivity contribution in [2.45, 2.75) is 13.0 Å². The zero-order chi connectivity index (χ0) is 24.9. The molecule has 1 fully saturated rings. The molecule has 0 aromatic heterocycles. The molecule has 3 aromatic rings. The minimum absolute atomic E-state index is 0.202. The number of ether oxygens (including phenoxy) is 2. The number of halogens is 2. The molecule has 0 N–H and O–H groups in total. The molecule has 4 nitrogen and oxygen atoms in total. The van der Waals surface area contributed by atoms with Crippen molar-refractivity contribution in [3.63, 3.8) is 0 Å². The van der Waals surface area contributed by atoms with Crippen molar-refractivity contribution in [2.75, 3.05) is 12.0 Å². The minimum atomic E-state index is -0.202. The van der Waals surface area contributed by atoms with Crippen LogP contribution in [0.3, 0.4) is 0 Å². The molecule has 0 aliphatic carbocycles. The topological polar surface area (TPSA) is 38.8 Å². The SMILES string of the molecule is C=CCc1cc(/C=C2\SC(=S)N(c3ccc(Br)c(Cl)c3)C2=O)cc(OC)c1OCc1ccccc1. The Labute approximate surface area is 227 Å². The maximum Gasteiger partial charge on any atom is 0.270 e. The van der Waals surface area contributed by atoms with Crippen LogP contribution < -0.4 is 14.4 Å².